The highest BCUT2D eigenvalue weighted by molar-refractivity contribution is 14.0. The first-order valence-electron chi connectivity index (χ1n) is 11.2. The van der Waals surface area contributed by atoms with Gasteiger partial charge in [0.1, 0.15) is 5.75 Å². The van der Waals surface area contributed by atoms with E-state index in [1.54, 1.807) is 7.11 Å². The Morgan fingerprint density at radius 1 is 1.23 bits per heavy atom. The standard InChI is InChI=1S/C23H38N4O3.HI/c1-24-23(25-12-5-14-30-21-11-15-29-17-21)26-16-19-6-4-13-27(2)22(19)18-7-9-20(28-3)10-8-18;/h7-10,19,21-22H,4-6,11-17H2,1-3H3,(H2,24,25,26);1H. The van der Waals surface area contributed by atoms with Crippen molar-refractivity contribution >= 4 is 29.9 Å². The van der Waals surface area contributed by atoms with E-state index in [1.165, 1.54) is 18.4 Å². The maximum absolute atomic E-state index is 5.83. The van der Waals surface area contributed by atoms with Crippen LogP contribution in [0.4, 0.5) is 0 Å². The lowest BCUT2D eigenvalue weighted by Gasteiger charge is -2.40. The first-order valence-corrected chi connectivity index (χ1v) is 11.2. The Balaban J connectivity index is 0.00000341. The van der Waals surface area contributed by atoms with Crippen LogP contribution in [0.3, 0.4) is 0 Å². The fourth-order valence-electron chi connectivity index (χ4n) is 4.42. The summed E-state index contributed by atoms with van der Waals surface area (Å²) in [5, 5.41) is 6.95. The maximum atomic E-state index is 5.83. The molecule has 2 N–H and O–H groups in total. The fraction of sp³-hybridized carbons (Fsp3) is 0.696. The van der Waals surface area contributed by atoms with Crippen LogP contribution in [0.15, 0.2) is 29.3 Å². The Morgan fingerprint density at radius 2 is 2.03 bits per heavy atom. The molecule has 2 saturated heterocycles. The molecule has 1 aromatic rings. The number of piperidine rings is 1. The van der Waals surface area contributed by atoms with Gasteiger partial charge in [-0.05, 0) is 62.9 Å². The number of benzene rings is 1. The minimum atomic E-state index is 0. The number of rotatable bonds is 9. The molecule has 2 fully saturated rings. The summed E-state index contributed by atoms with van der Waals surface area (Å²) in [6, 6.07) is 8.91. The number of guanidine groups is 1. The maximum Gasteiger partial charge on any atom is 0.190 e. The van der Waals surface area contributed by atoms with Crippen molar-refractivity contribution < 1.29 is 14.2 Å². The number of hydrogen-bond donors (Lipinski definition) is 2. The first-order chi connectivity index (χ1) is 14.7. The second-order valence-electron chi connectivity index (χ2n) is 8.19. The lowest BCUT2D eigenvalue weighted by atomic mass is 9.85. The van der Waals surface area contributed by atoms with Gasteiger partial charge in [0, 0.05) is 39.4 Å². The summed E-state index contributed by atoms with van der Waals surface area (Å²) in [5.74, 6) is 2.29. The third-order valence-electron chi connectivity index (χ3n) is 6.07. The molecule has 7 nitrogen and oxygen atoms in total. The first kappa shape index (κ1) is 26.2. The molecule has 0 saturated carbocycles. The van der Waals surface area contributed by atoms with Crippen LogP contribution in [0.2, 0.25) is 0 Å². The van der Waals surface area contributed by atoms with Crippen molar-refractivity contribution in [1.82, 2.24) is 15.5 Å². The summed E-state index contributed by atoms with van der Waals surface area (Å²) in [4.78, 5) is 6.86. The molecule has 0 radical (unpaired) electrons. The van der Waals surface area contributed by atoms with Gasteiger partial charge in [0.2, 0.25) is 0 Å². The van der Waals surface area contributed by atoms with E-state index < -0.39 is 0 Å². The Bertz CT molecular complexity index is 653. The summed E-state index contributed by atoms with van der Waals surface area (Å²) in [6.07, 6.45) is 4.69. The molecule has 2 heterocycles. The zero-order valence-electron chi connectivity index (χ0n) is 19.1. The van der Waals surface area contributed by atoms with Crippen LogP contribution >= 0.6 is 24.0 Å². The van der Waals surface area contributed by atoms with Crippen molar-refractivity contribution in [2.45, 2.75) is 37.8 Å². The van der Waals surface area contributed by atoms with Gasteiger partial charge in [0.15, 0.2) is 5.96 Å². The van der Waals surface area contributed by atoms with Gasteiger partial charge in [-0.1, -0.05) is 12.1 Å². The van der Waals surface area contributed by atoms with Crippen LogP contribution in [-0.4, -0.2) is 77.6 Å². The Morgan fingerprint density at radius 3 is 2.71 bits per heavy atom. The molecule has 0 amide bonds. The zero-order chi connectivity index (χ0) is 21.2. The number of halogens is 1. The molecule has 0 bridgehead atoms. The van der Waals surface area contributed by atoms with Crippen molar-refractivity contribution in [2.75, 3.05) is 60.7 Å². The molecule has 3 atom stereocenters. The van der Waals surface area contributed by atoms with Crippen molar-refractivity contribution in [2.24, 2.45) is 10.9 Å². The predicted molar refractivity (Wildman–Crippen MR) is 136 cm³/mol. The largest absolute Gasteiger partial charge is 0.497 e. The molecular weight excluding hydrogens is 507 g/mol. The highest BCUT2D eigenvalue weighted by Gasteiger charge is 2.30. The summed E-state index contributed by atoms with van der Waals surface area (Å²) >= 11 is 0. The highest BCUT2D eigenvalue weighted by atomic mass is 127. The summed E-state index contributed by atoms with van der Waals surface area (Å²) in [7, 11) is 5.77. The van der Waals surface area contributed by atoms with Gasteiger partial charge in [-0.2, -0.15) is 0 Å². The Kier molecular flexibility index (Phi) is 11.9. The minimum absolute atomic E-state index is 0. The van der Waals surface area contributed by atoms with Crippen molar-refractivity contribution in [3.63, 3.8) is 0 Å². The number of methoxy groups -OCH3 is 1. The fourth-order valence-corrected chi connectivity index (χ4v) is 4.42. The van der Waals surface area contributed by atoms with E-state index in [-0.39, 0.29) is 30.1 Å². The van der Waals surface area contributed by atoms with Crippen LogP contribution in [0.25, 0.3) is 0 Å². The van der Waals surface area contributed by atoms with Gasteiger partial charge in [0.05, 0.1) is 19.8 Å². The molecule has 3 rings (SSSR count). The normalized spacial score (nSPS) is 24.5. The predicted octanol–water partition coefficient (Wildman–Crippen LogP) is 3.06. The smallest absolute Gasteiger partial charge is 0.190 e. The summed E-state index contributed by atoms with van der Waals surface area (Å²) in [5.41, 5.74) is 1.35. The third kappa shape index (κ3) is 8.07. The van der Waals surface area contributed by atoms with Gasteiger partial charge in [-0.3, -0.25) is 9.89 Å². The number of likely N-dealkylation sites (tertiary alicyclic amines) is 1. The van der Waals surface area contributed by atoms with E-state index in [0.717, 1.165) is 64.0 Å². The van der Waals surface area contributed by atoms with Crippen LogP contribution in [0.5, 0.6) is 5.75 Å². The van der Waals surface area contributed by atoms with Crippen molar-refractivity contribution in [1.29, 1.82) is 0 Å². The SMILES string of the molecule is CN=C(NCCCOC1CCOC1)NCC1CCCN(C)C1c1ccc(OC)cc1.I. The molecule has 0 aromatic heterocycles. The molecule has 31 heavy (non-hydrogen) atoms. The lowest BCUT2D eigenvalue weighted by Crippen LogP contribution is -2.45. The van der Waals surface area contributed by atoms with Crippen LogP contribution in [0, 0.1) is 5.92 Å². The molecule has 3 unspecified atom stereocenters. The highest BCUT2D eigenvalue weighted by Crippen LogP contribution is 2.35. The van der Waals surface area contributed by atoms with Gasteiger partial charge >= 0.3 is 0 Å². The second kappa shape index (κ2) is 14.1. The lowest BCUT2D eigenvalue weighted by molar-refractivity contribution is 0.0420. The average molecular weight is 546 g/mol. The average Bonchev–Trinajstić information content (AvgIpc) is 3.29. The topological polar surface area (TPSA) is 67.4 Å². The summed E-state index contributed by atoms with van der Waals surface area (Å²) < 4.78 is 16.5. The molecule has 0 spiro atoms. The third-order valence-corrected chi connectivity index (χ3v) is 6.07. The molecule has 8 heteroatoms. The molecule has 1 aromatic carbocycles. The number of hydrogen-bond acceptors (Lipinski definition) is 5. The second-order valence-corrected chi connectivity index (χ2v) is 8.19. The van der Waals surface area contributed by atoms with Gasteiger partial charge in [0.25, 0.3) is 0 Å². The van der Waals surface area contributed by atoms with Crippen LogP contribution in [-0.2, 0) is 9.47 Å². The Labute approximate surface area is 204 Å². The van der Waals surface area contributed by atoms with E-state index in [2.05, 4.69) is 51.8 Å². The minimum Gasteiger partial charge on any atom is -0.497 e. The van der Waals surface area contributed by atoms with E-state index in [1.807, 2.05) is 7.05 Å². The van der Waals surface area contributed by atoms with Crippen LogP contribution < -0.4 is 15.4 Å². The van der Waals surface area contributed by atoms with Crippen molar-refractivity contribution in [3.8, 4) is 5.75 Å². The number of nitrogens with zero attached hydrogens (tertiary/aromatic N) is 2. The van der Waals surface area contributed by atoms with Crippen molar-refractivity contribution in [3.05, 3.63) is 29.8 Å². The van der Waals surface area contributed by atoms with Gasteiger partial charge in [-0.25, -0.2) is 0 Å². The quantitative estimate of drug-likeness (QED) is 0.215. The van der Waals surface area contributed by atoms with E-state index in [0.29, 0.717) is 12.0 Å². The number of aliphatic imine (C=N–C) groups is 1. The molecule has 176 valence electrons. The monoisotopic (exact) mass is 546 g/mol. The Hall–Kier alpha value is -1.10. The van der Waals surface area contributed by atoms with E-state index >= 15 is 0 Å². The molecule has 2 aliphatic heterocycles. The van der Waals surface area contributed by atoms with Crippen LogP contribution in [0.1, 0.15) is 37.3 Å². The number of ether oxygens (including phenoxy) is 3. The number of nitrogens with one attached hydrogen (secondary N) is 2. The molecule has 0 aliphatic carbocycles. The van der Waals surface area contributed by atoms with E-state index in [9.17, 15) is 0 Å². The zero-order valence-corrected chi connectivity index (χ0v) is 21.5. The summed E-state index contributed by atoms with van der Waals surface area (Å²) in [6.45, 7) is 5.20. The molecule has 2 aliphatic rings. The van der Waals surface area contributed by atoms with Gasteiger partial charge in [-0.15, -0.1) is 24.0 Å². The van der Waals surface area contributed by atoms with Gasteiger partial charge < -0.3 is 24.8 Å². The molecular formula is C23H39IN4O3. The van der Waals surface area contributed by atoms with E-state index in [4.69, 9.17) is 14.2 Å².